The Morgan fingerprint density at radius 1 is 1.40 bits per heavy atom. The maximum absolute atomic E-state index is 5.73. The van der Waals surface area contributed by atoms with Crippen molar-refractivity contribution in [1.82, 2.24) is 25.2 Å². The standard InChI is InChI=1S/C14H29N5O/c1-12(2)15-9-13-10-19(17-16-13)7-8-20-11-14(3,4)18(5)6/h10,12,15H,7-9,11H2,1-6H3. The molecule has 1 rings (SSSR count). The summed E-state index contributed by atoms with van der Waals surface area (Å²) in [6, 6.07) is 0.455. The van der Waals surface area contributed by atoms with Crippen molar-refractivity contribution in [3.05, 3.63) is 11.9 Å². The van der Waals surface area contributed by atoms with Crippen molar-refractivity contribution in [3.63, 3.8) is 0 Å². The van der Waals surface area contributed by atoms with Gasteiger partial charge in [-0.3, -0.25) is 0 Å². The summed E-state index contributed by atoms with van der Waals surface area (Å²) in [7, 11) is 4.13. The van der Waals surface area contributed by atoms with E-state index in [1.807, 2.05) is 10.9 Å². The van der Waals surface area contributed by atoms with Crippen LogP contribution in [0.15, 0.2) is 6.20 Å². The third kappa shape index (κ3) is 5.98. The third-order valence-electron chi connectivity index (χ3n) is 3.41. The molecular formula is C14H29N5O. The predicted octanol–water partition coefficient (Wildman–Crippen LogP) is 1.13. The van der Waals surface area contributed by atoms with Crippen LogP contribution in [0.4, 0.5) is 0 Å². The van der Waals surface area contributed by atoms with Gasteiger partial charge in [-0.1, -0.05) is 19.1 Å². The summed E-state index contributed by atoms with van der Waals surface area (Å²) < 4.78 is 7.56. The first-order valence-electron chi connectivity index (χ1n) is 7.19. The van der Waals surface area contributed by atoms with Gasteiger partial charge in [0.2, 0.25) is 0 Å². The molecule has 1 aromatic heterocycles. The average Bonchev–Trinajstić information content (AvgIpc) is 2.80. The molecule has 0 spiro atoms. The summed E-state index contributed by atoms with van der Waals surface area (Å²) in [5.74, 6) is 0. The summed E-state index contributed by atoms with van der Waals surface area (Å²) in [4.78, 5) is 2.16. The van der Waals surface area contributed by atoms with Crippen LogP contribution in [-0.4, -0.2) is 58.8 Å². The molecule has 1 heterocycles. The third-order valence-corrected chi connectivity index (χ3v) is 3.41. The minimum Gasteiger partial charge on any atom is -0.378 e. The van der Waals surface area contributed by atoms with E-state index in [0.29, 0.717) is 19.3 Å². The van der Waals surface area contributed by atoms with Crippen molar-refractivity contribution >= 4 is 0 Å². The zero-order valence-corrected chi connectivity index (χ0v) is 13.7. The van der Waals surface area contributed by atoms with Crippen molar-refractivity contribution in [2.24, 2.45) is 0 Å². The van der Waals surface area contributed by atoms with Crippen LogP contribution in [0.25, 0.3) is 0 Å². The molecule has 0 aliphatic carbocycles. The molecule has 0 amide bonds. The first-order chi connectivity index (χ1) is 9.31. The summed E-state index contributed by atoms with van der Waals surface area (Å²) in [5.41, 5.74) is 1.02. The van der Waals surface area contributed by atoms with Crippen molar-refractivity contribution in [1.29, 1.82) is 0 Å². The second kappa shape index (κ2) is 7.71. The predicted molar refractivity (Wildman–Crippen MR) is 80.6 cm³/mol. The highest BCUT2D eigenvalue weighted by atomic mass is 16.5. The highest BCUT2D eigenvalue weighted by Gasteiger charge is 2.20. The first kappa shape index (κ1) is 17.1. The van der Waals surface area contributed by atoms with Crippen LogP contribution >= 0.6 is 0 Å². The highest BCUT2D eigenvalue weighted by molar-refractivity contribution is 4.91. The second-order valence-electron chi connectivity index (χ2n) is 6.27. The smallest absolute Gasteiger partial charge is 0.0964 e. The Hall–Kier alpha value is -0.980. The highest BCUT2D eigenvalue weighted by Crippen LogP contribution is 2.09. The maximum Gasteiger partial charge on any atom is 0.0964 e. The lowest BCUT2D eigenvalue weighted by molar-refractivity contribution is 0.0317. The van der Waals surface area contributed by atoms with E-state index in [2.05, 4.69) is 62.3 Å². The van der Waals surface area contributed by atoms with Gasteiger partial charge in [-0.05, 0) is 27.9 Å². The van der Waals surface area contributed by atoms with Crippen molar-refractivity contribution < 1.29 is 4.74 Å². The Labute approximate surface area is 122 Å². The van der Waals surface area contributed by atoms with E-state index in [1.165, 1.54) is 0 Å². The summed E-state index contributed by atoms with van der Waals surface area (Å²) in [5, 5.41) is 11.6. The molecule has 0 atom stereocenters. The van der Waals surface area contributed by atoms with Crippen LogP contribution in [0.5, 0.6) is 0 Å². The zero-order valence-electron chi connectivity index (χ0n) is 13.7. The molecule has 0 aliphatic heterocycles. The van der Waals surface area contributed by atoms with Gasteiger partial charge in [-0.2, -0.15) is 0 Å². The number of ether oxygens (including phenoxy) is 1. The molecule has 0 radical (unpaired) electrons. The molecule has 6 heteroatoms. The van der Waals surface area contributed by atoms with Gasteiger partial charge in [0.05, 0.1) is 25.5 Å². The molecule has 0 fully saturated rings. The molecule has 0 bridgehead atoms. The number of hydrogen-bond acceptors (Lipinski definition) is 5. The fourth-order valence-corrected chi connectivity index (χ4v) is 1.45. The minimum atomic E-state index is 0.0503. The van der Waals surface area contributed by atoms with Gasteiger partial charge < -0.3 is 15.0 Å². The van der Waals surface area contributed by atoms with Crippen molar-refractivity contribution in [2.75, 3.05) is 27.3 Å². The summed E-state index contributed by atoms with van der Waals surface area (Å²) >= 11 is 0. The topological polar surface area (TPSA) is 55.2 Å². The van der Waals surface area contributed by atoms with E-state index in [4.69, 9.17) is 4.74 Å². The maximum atomic E-state index is 5.73. The monoisotopic (exact) mass is 283 g/mol. The Kier molecular flexibility index (Phi) is 6.58. The second-order valence-corrected chi connectivity index (χ2v) is 6.27. The van der Waals surface area contributed by atoms with Crippen LogP contribution < -0.4 is 5.32 Å². The van der Waals surface area contributed by atoms with E-state index in [9.17, 15) is 0 Å². The molecule has 0 saturated carbocycles. The first-order valence-corrected chi connectivity index (χ1v) is 7.19. The van der Waals surface area contributed by atoms with Gasteiger partial charge in [0.25, 0.3) is 0 Å². The lowest BCUT2D eigenvalue weighted by atomic mass is 10.1. The normalized spacial score (nSPS) is 12.6. The van der Waals surface area contributed by atoms with Crippen LogP contribution in [-0.2, 0) is 17.8 Å². The van der Waals surface area contributed by atoms with Crippen molar-refractivity contribution in [2.45, 2.75) is 52.4 Å². The number of nitrogens with one attached hydrogen (secondary N) is 1. The Balaban J connectivity index is 2.26. The van der Waals surface area contributed by atoms with E-state index in [1.54, 1.807) is 0 Å². The van der Waals surface area contributed by atoms with E-state index >= 15 is 0 Å². The Morgan fingerprint density at radius 2 is 2.10 bits per heavy atom. The van der Waals surface area contributed by atoms with Gasteiger partial charge >= 0.3 is 0 Å². The molecule has 0 saturated heterocycles. The SMILES string of the molecule is CC(C)NCc1cn(CCOCC(C)(C)N(C)C)nn1. The molecule has 116 valence electrons. The summed E-state index contributed by atoms with van der Waals surface area (Å²) in [6.45, 7) is 11.4. The lowest BCUT2D eigenvalue weighted by Crippen LogP contribution is -2.42. The molecule has 1 aromatic rings. The quantitative estimate of drug-likeness (QED) is 0.689. The van der Waals surface area contributed by atoms with Gasteiger partial charge in [-0.25, -0.2) is 4.68 Å². The molecule has 0 aromatic carbocycles. The number of likely N-dealkylation sites (N-methyl/N-ethyl adjacent to an activating group) is 1. The number of aromatic nitrogens is 3. The largest absolute Gasteiger partial charge is 0.378 e. The van der Waals surface area contributed by atoms with E-state index < -0.39 is 0 Å². The number of nitrogens with zero attached hydrogens (tertiary/aromatic N) is 4. The minimum absolute atomic E-state index is 0.0503. The van der Waals surface area contributed by atoms with Crippen LogP contribution in [0, 0.1) is 0 Å². The molecule has 1 N–H and O–H groups in total. The Morgan fingerprint density at radius 3 is 2.70 bits per heavy atom. The van der Waals surface area contributed by atoms with E-state index in [0.717, 1.165) is 18.8 Å². The fourth-order valence-electron chi connectivity index (χ4n) is 1.45. The molecule has 0 aliphatic rings. The van der Waals surface area contributed by atoms with Gasteiger partial charge in [-0.15, -0.1) is 5.10 Å². The van der Waals surface area contributed by atoms with Crippen LogP contribution in [0.1, 0.15) is 33.4 Å². The Bertz CT molecular complexity index is 387. The fraction of sp³-hybridized carbons (Fsp3) is 0.857. The molecule has 20 heavy (non-hydrogen) atoms. The molecule has 6 nitrogen and oxygen atoms in total. The molecular weight excluding hydrogens is 254 g/mol. The molecule has 0 unspecified atom stereocenters. The average molecular weight is 283 g/mol. The van der Waals surface area contributed by atoms with E-state index in [-0.39, 0.29) is 5.54 Å². The van der Waals surface area contributed by atoms with Gasteiger partial charge in [0.15, 0.2) is 0 Å². The summed E-state index contributed by atoms with van der Waals surface area (Å²) in [6.07, 6.45) is 1.97. The number of hydrogen-bond donors (Lipinski definition) is 1. The van der Waals surface area contributed by atoms with Crippen LogP contribution in [0.3, 0.4) is 0 Å². The number of rotatable bonds is 9. The van der Waals surface area contributed by atoms with Crippen LogP contribution in [0.2, 0.25) is 0 Å². The van der Waals surface area contributed by atoms with Gasteiger partial charge in [0.1, 0.15) is 0 Å². The lowest BCUT2D eigenvalue weighted by Gasteiger charge is -2.32. The van der Waals surface area contributed by atoms with Crippen molar-refractivity contribution in [3.8, 4) is 0 Å². The van der Waals surface area contributed by atoms with Gasteiger partial charge in [0, 0.05) is 24.3 Å². The zero-order chi connectivity index (χ0) is 15.2.